The summed E-state index contributed by atoms with van der Waals surface area (Å²) in [5.41, 5.74) is 1.15. The molecule has 21 heavy (non-hydrogen) atoms. The number of ether oxygens (including phenoxy) is 2. The molecule has 5 heteroatoms. The van der Waals surface area contributed by atoms with Gasteiger partial charge in [0, 0.05) is 19.8 Å². The lowest BCUT2D eigenvalue weighted by atomic mass is 10.2. The van der Waals surface area contributed by atoms with Crippen LogP contribution in [0.5, 0.6) is 5.75 Å². The monoisotopic (exact) mass is 294 g/mol. The molecule has 0 saturated carbocycles. The van der Waals surface area contributed by atoms with Gasteiger partial charge in [0.15, 0.2) is 0 Å². The first-order valence-electron chi connectivity index (χ1n) is 7.43. The minimum atomic E-state index is -0.174. The van der Waals surface area contributed by atoms with Crippen LogP contribution in [0, 0.1) is 6.92 Å². The van der Waals surface area contributed by atoms with Crippen LogP contribution >= 0.6 is 0 Å². The van der Waals surface area contributed by atoms with Gasteiger partial charge < -0.3 is 20.1 Å². The van der Waals surface area contributed by atoms with E-state index in [1.165, 1.54) is 0 Å². The number of aryl methyl sites for hydroxylation is 1. The molecule has 0 aromatic heterocycles. The molecule has 0 fully saturated rings. The van der Waals surface area contributed by atoms with Crippen molar-refractivity contribution in [2.45, 2.75) is 33.2 Å². The van der Waals surface area contributed by atoms with Crippen LogP contribution in [0.15, 0.2) is 24.3 Å². The third kappa shape index (κ3) is 8.19. The molecule has 5 nitrogen and oxygen atoms in total. The van der Waals surface area contributed by atoms with Crippen LogP contribution < -0.4 is 15.4 Å². The molecule has 0 spiro atoms. The Morgan fingerprint density at radius 1 is 1.38 bits per heavy atom. The Bertz CT molecular complexity index is 424. The van der Waals surface area contributed by atoms with E-state index in [0.29, 0.717) is 26.4 Å². The Balaban J connectivity index is 2.15. The Kier molecular flexibility index (Phi) is 8.28. The molecule has 0 aliphatic carbocycles. The smallest absolute Gasteiger partial charge is 0.315 e. The number of urea groups is 1. The predicted molar refractivity (Wildman–Crippen MR) is 83.8 cm³/mol. The van der Waals surface area contributed by atoms with Crippen LogP contribution in [-0.2, 0) is 4.74 Å². The molecule has 0 aliphatic heterocycles. The average molecular weight is 294 g/mol. The zero-order valence-corrected chi connectivity index (χ0v) is 13.1. The first-order valence-corrected chi connectivity index (χ1v) is 7.43. The molecule has 0 aliphatic rings. The van der Waals surface area contributed by atoms with E-state index < -0.39 is 0 Å². The van der Waals surface area contributed by atoms with E-state index in [4.69, 9.17) is 9.47 Å². The molecule has 1 rings (SSSR count). The molecule has 0 heterocycles. The van der Waals surface area contributed by atoms with Crippen molar-refractivity contribution >= 4 is 6.03 Å². The highest BCUT2D eigenvalue weighted by atomic mass is 16.5. The fourth-order valence-corrected chi connectivity index (χ4v) is 1.76. The maximum absolute atomic E-state index is 11.6. The van der Waals surface area contributed by atoms with E-state index in [0.717, 1.165) is 17.7 Å². The predicted octanol–water partition coefficient (Wildman–Crippen LogP) is 2.49. The van der Waals surface area contributed by atoms with Gasteiger partial charge in [0.25, 0.3) is 0 Å². The maximum atomic E-state index is 11.6. The molecule has 1 aromatic rings. The summed E-state index contributed by atoms with van der Waals surface area (Å²) < 4.78 is 10.8. The minimum Gasteiger partial charge on any atom is -0.491 e. The zero-order valence-electron chi connectivity index (χ0n) is 13.1. The lowest BCUT2D eigenvalue weighted by molar-refractivity contribution is 0.145. The third-order valence-electron chi connectivity index (χ3n) is 2.82. The van der Waals surface area contributed by atoms with Crippen molar-refractivity contribution in [3.63, 3.8) is 0 Å². The van der Waals surface area contributed by atoms with Gasteiger partial charge in [0.05, 0.1) is 6.04 Å². The van der Waals surface area contributed by atoms with E-state index in [9.17, 15) is 4.79 Å². The molecule has 2 N–H and O–H groups in total. The lowest BCUT2D eigenvalue weighted by Gasteiger charge is -2.16. The number of rotatable bonds is 9. The first kappa shape index (κ1) is 17.3. The summed E-state index contributed by atoms with van der Waals surface area (Å²) >= 11 is 0. The summed E-state index contributed by atoms with van der Waals surface area (Å²) in [5.74, 6) is 0.820. The van der Waals surface area contributed by atoms with Crippen LogP contribution in [0.1, 0.15) is 25.8 Å². The van der Waals surface area contributed by atoms with Gasteiger partial charge in [-0.3, -0.25) is 0 Å². The first-order chi connectivity index (χ1) is 10.1. The number of benzene rings is 1. The normalized spacial score (nSPS) is 11.8. The Labute approximate surface area is 127 Å². The summed E-state index contributed by atoms with van der Waals surface area (Å²) in [6.45, 7) is 8.31. The van der Waals surface area contributed by atoms with Crippen molar-refractivity contribution in [2.24, 2.45) is 0 Å². The molecular weight excluding hydrogens is 268 g/mol. The maximum Gasteiger partial charge on any atom is 0.315 e. The number of carbonyl (C=O) groups is 1. The van der Waals surface area contributed by atoms with E-state index >= 15 is 0 Å². The molecule has 1 unspecified atom stereocenters. The summed E-state index contributed by atoms with van der Waals surface area (Å²) in [6.07, 6.45) is 0.815. The SMILES string of the molecule is CCOCCCNC(=O)NC(C)COc1cccc(C)c1. The largest absolute Gasteiger partial charge is 0.491 e. The number of hydrogen-bond acceptors (Lipinski definition) is 3. The second-order valence-electron chi connectivity index (χ2n) is 4.98. The minimum absolute atomic E-state index is 0.0580. The van der Waals surface area contributed by atoms with Gasteiger partial charge in [0.1, 0.15) is 12.4 Å². The van der Waals surface area contributed by atoms with Crippen LogP contribution in [-0.4, -0.2) is 38.4 Å². The second kappa shape index (κ2) is 10.0. The number of nitrogens with one attached hydrogen (secondary N) is 2. The van der Waals surface area contributed by atoms with Gasteiger partial charge in [0.2, 0.25) is 0 Å². The fourth-order valence-electron chi connectivity index (χ4n) is 1.76. The van der Waals surface area contributed by atoms with E-state index in [-0.39, 0.29) is 12.1 Å². The summed E-state index contributed by atoms with van der Waals surface area (Å²) in [5, 5.41) is 5.63. The third-order valence-corrected chi connectivity index (χ3v) is 2.82. The van der Waals surface area contributed by atoms with Crippen LogP contribution in [0.4, 0.5) is 4.79 Å². The second-order valence-corrected chi connectivity index (χ2v) is 4.98. The molecule has 118 valence electrons. The average Bonchev–Trinajstić information content (AvgIpc) is 2.45. The number of amides is 2. The highest BCUT2D eigenvalue weighted by molar-refractivity contribution is 5.74. The molecule has 2 amide bonds. The van der Waals surface area contributed by atoms with E-state index in [1.54, 1.807) is 0 Å². The quantitative estimate of drug-likeness (QED) is 0.688. The van der Waals surface area contributed by atoms with E-state index in [2.05, 4.69) is 10.6 Å². The van der Waals surface area contributed by atoms with Crippen molar-refractivity contribution < 1.29 is 14.3 Å². The van der Waals surface area contributed by atoms with Gasteiger partial charge in [-0.15, -0.1) is 0 Å². The molecule has 0 saturated heterocycles. The van der Waals surface area contributed by atoms with Gasteiger partial charge in [-0.2, -0.15) is 0 Å². The van der Waals surface area contributed by atoms with Gasteiger partial charge in [-0.1, -0.05) is 12.1 Å². The van der Waals surface area contributed by atoms with Gasteiger partial charge >= 0.3 is 6.03 Å². The molecule has 1 aromatic carbocycles. The van der Waals surface area contributed by atoms with Crippen molar-refractivity contribution in [3.8, 4) is 5.75 Å². The molecule has 1 atom stereocenters. The summed E-state index contributed by atoms with van der Waals surface area (Å²) in [7, 11) is 0. The Morgan fingerprint density at radius 3 is 2.90 bits per heavy atom. The van der Waals surface area contributed by atoms with Crippen LogP contribution in [0.25, 0.3) is 0 Å². The molecule has 0 radical (unpaired) electrons. The van der Waals surface area contributed by atoms with Gasteiger partial charge in [-0.05, 0) is 44.9 Å². The highest BCUT2D eigenvalue weighted by Gasteiger charge is 2.07. The highest BCUT2D eigenvalue weighted by Crippen LogP contribution is 2.12. The van der Waals surface area contributed by atoms with Crippen molar-refractivity contribution in [1.29, 1.82) is 0 Å². The van der Waals surface area contributed by atoms with Crippen LogP contribution in [0.2, 0.25) is 0 Å². The lowest BCUT2D eigenvalue weighted by Crippen LogP contribution is -2.43. The van der Waals surface area contributed by atoms with Crippen molar-refractivity contribution in [2.75, 3.05) is 26.4 Å². The fraction of sp³-hybridized carbons (Fsp3) is 0.562. The topological polar surface area (TPSA) is 59.6 Å². The molecular formula is C16H26N2O3. The Morgan fingerprint density at radius 2 is 2.19 bits per heavy atom. The van der Waals surface area contributed by atoms with Crippen molar-refractivity contribution in [3.05, 3.63) is 29.8 Å². The number of carbonyl (C=O) groups excluding carboxylic acids is 1. The number of hydrogen-bond donors (Lipinski definition) is 2. The summed E-state index contributed by atoms with van der Waals surface area (Å²) in [4.78, 5) is 11.6. The standard InChI is InChI=1S/C16H26N2O3/c1-4-20-10-6-9-17-16(19)18-14(3)12-21-15-8-5-7-13(2)11-15/h5,7-8,11,14H,4,6,9-10,12H2,1-3H3,(H2,17,18,19). The zero-order chi connectivity index (χ0) is 15.5. The Hall–Kier alpha value is -1.75. The van der Waals surface area contributed by atoms with E-state index in [1.807, 2.05) is 45.0 Å². The van der Waals surface area contributed by atoms with Gasteiger partial charge in [-0.25, -0.2) is 4.79 Å². The summed E-state index contributed by atoms with van der Waals surface area (Å²) in [6, 6.07) is 7.62. The van der Waals surface area contributed by atoms with Crippen LogP contribution in [0.3, 0.4) is 0 Å². The molecule has 0 bridgehead atoms. The van der Waals surface area contributed by atoms with Crippen molar-refractivity contribution in [1.82, 2.24) is 10.6 Å².